The van der Waals surface area contributed by atoms with E-state index in [1.54, 1.807) is 6.92 Å². The van der Waals surface area contributed by atoms with Gasteiger partial charge in [-0.15, -0.1) is 0 Å². The Kier molecular flexibility index (Phi) is 1.26. The van der Waals surface area contributed by atoms with Gasteiger partial charge in [0.2, 0.25) is 0 Å². The Morgan fingerprint density at radius 3 is 2.78 bits per heavy atom. The molecule has 0 aliphatic carbocycles. The summed E-state index contributed by atoms with van der Waals surface area (Å²) in [6.07, 6.45) is 1.41. The van der Waals surface area contributed by atoms with Crippen LogP contribution in [0, 0.1) is 6.92 Å². The fourth-order valence-corrected chi connectivity index (χ4v) is 0.546. The van der Waals surface area contributed by atoms with Gasteiger partial charge in [0.15, 0.2) is 0 Å². The van der Waals surface area contributed by atoms with Crippen molar-refractivity contribution < 1.29 is 5.11 Å². The van der Waals surface area contributed by atoms with Crippen molar-refractivity contribution in [1.29, 1.82) is 0 Å². The lowest BCUT2D eigenvalue weighted by molar-refractivity contribution is 0.469. The average Bonchev–Trinajstić information content (AvgIpc) is 1.83. The van der Waals surface area contributed by atoms with Crippen molar-refractivity contribution >= 4 is 0 Å². The number of rotatable bonds is 0. The van der Waals surface area contributed by atoms with Crippen molar-refractivity contribution in [3.63, 3.8) is 0 Å². The summed E-state index contributed by atoms with van der Waals surface area (Å²) in [6, 6.07) is 1.44. The summed E-state index contributed by atoms with van der Waals surface area (Å²) in [5, 5.41) is 8.88. The predicted molar refractivity (Wildman–Crippen MR) is 33.5 cm³/mol. The number of aromatic hydroxyl groups is 1. The van der Waals surface area contributed by atoms with E-state index in [1.165, 1.54) is 12.3 Å². The van der Waals surface area contributed by atoms with Gasteiger partial charge in [-0.1, -0.05) is 0 Å². The lowest BCUT2D eigenvalue weighted by atomic mass is 10.3. The molecule has 0 amide bonds. The van der Waals surface area contributed by atoms with E-state index in [9.17, 15) is 4.79 Å². The average molecular weight is 125 g/mol. The Labute approximate surface area is 52.0 Å². The van der Waals surface area contributed by atoms with Gasteiger partial charge < -0.3 is 10.1 Å². The van der Waals surface area contributed by atoms with Gasteiger partial charge in [0.05, 0.1) is 5.56 Å². The second-order valence-electron chi connectivity index (χ2n) is 1.82. The van der Waals surface area contributed by atoms with Crippen molar-refractivity contribution in [3.8, 4) is 5.75 Å². The molecule has 0 aromatic carbocycles. The molecule has 0 saturated carbocycles. The Bertz CT molecular complexity index is 264. The van der Waals surface area contributed by atoms with Crippen LogP contribution in [-0.2, 0) is 0 Å². The molecule has 0 bridgehead atoms. The highest BCUT2D eigenvalue weighted by molar-refractivity contribution is 5.26. The van der Waals surface area contributed by atoms with Crippen LogP contribution in [0.3, 0.4) is 0 Å². The fourth-order valence-electron chi connectivity index (χ4n) is 0.546. The minimum Gasteiger partial charge on any atom is -0.507 e. The third-order valence-electron chi connectivity index (χ3n) is 1.18. The highest BCUT2D eigenvalue weighted by atomic mass is 16.3. The number of H-pyrrole nitrogens is 1. The standard InChI is InChI=1S/C6H7NO2/c1-4-5(8)2-3-7-6(4)9/h2-3H,1H3,(H2,7,8,9). The first-order chi connectivity index (χ1) is 4.22. The molecule has 3 heteroatoms. The maximum absolute atomic E-state index is 10.6. The number of aromatic nitrogens is 1. The molecule has 0 fully saturated rings. The maximum Gasteiger partial charge on any atom is 0.254 e. The molecule has 1 rings (SSSR count). The zero-order valence-corrected chi connectivity index (χ0v) is 5.01. The molecule has 1 heterocycles. The van der Waals surface area contributed by atoms with E-state index in [0.29, 0.717) is 5.56 Å². The van der Waals surface area contributed by atoms with Gasteiger partial charge in [0.1, 0.15) is 5.75 Å². The third-order valence-corrected chi connectivity index (χ3v) is 1.18. The van der Waals surface area contributed by atoms with Crippen LogP contribution in [0.5, 0.6) is 5.75 Å². The van der Waals surface area contributed by atoms with Crippen LogP contribution in [0.1, 0.15) is 5.56 Å². The van der Waals surface area contributed by atoms with Crippen LogP contribution < -0.4 is 5.56 Å². The molecule has 1 aromatic heterocycles. The highest BCUT2D eigenvalue weighted by Gasteiger charge is 1.95. The Morgan fingerprint density at radius 1 is 1.67 bits per heavy atom. The number of hydrogen-bond donors (Lipinski definition) is 2. The molecule has 0 aliphatic heterocycles. The molecule has 0 spiro atoms. The second kappa shape index (κ2) is 1.93. The number of hydrogen-bond acceptors (Lipinski definition) is 2. The van der Waals surface area contributed by atoms with Crippen molar-refractivity contribution in [3.05, 3.63) is 28.2 Å². The molecule has 2 N–H and O–H groups in total. The van der Waals surface area contributed by atoms with Gasteiger partial charge in [0.25, 0.3) is 5.56 Å². The molecule has 0 aliphatic rings. The van der Waals surface area contributed by atoms with Crippen molar-refractivity contribution in [1.82, 2.24) is 4.98 Å². The monoisotopic (exact) mass is 125 g/mol. The lowest BCUT2D eigenvalue weighted by Gasteiger charge is -1.92. The van der Waals surface area contributed by atoms with Crippen LogP contribution in [0.25, 0.3) is 0 Å². The molecule has 9 heavy (non-hydrogen) atoms. The summed E-state index contributed by atoms with van der Waals surface area (Å²) >= 11 is 0. The summed E-state index contributed by atoms with van der Waals surface area (Å²) in [6.45, 7) is 1.56. The minimum atomic E-state index is -0.241. The quantitative estimate of drug-likeness (QED) is 0.527. The van der Waals surface area contributed by atoms with Gasteiger partial charge in [-0.2, -0.15) is 0 Å². The van der Waals surface area contributed by atoms with E-state index >= 15 is 0 Å². The molecule has 0 unspecified atom stereocenters. The molecule has 0 atom stereocenters. The molecule has 0 radical (unpaired) electrons. The van der Waals surface area contributed by atoms with E-state index in [-0.39, 0.29) is 11.3 Å². The van der Waals surface area contributed by atoms with Gasteiger partial charge in [-0.25, -0.2) is 0 Å². The SMILES string of the molecule is Cc1c(O)cc[nH]c1=O. The Hall–Kier alpha value is -1.25. The minimum absolute atomic E-state index is 0.0405. The van der Waals surface area contributed by atoms with E-state index in [4.69, 9.17) is 5.11 Å². The Morgan fingerprint density at radius 2 is 2.33 bits per heavy atom. The van der Waals surface area contributed by atoms with E-state index in [2.05, 4.69) is 4.98 Å². The predicted octanol–water partition coefficient (Wildman–Crippen LogP) is 0.389. The first kappa shape index (κ1) is 5.88. The molecular formula is C6H7NO2. The van der Waals surface area contributed by atoms with Crippen LogP contribution in [0.15, 0.2) is 17.1 Å². The number of nitrogens with one attached hydrogen (secondary N) is 1. The zero-order valence-electron chi connectivity index (χ0n) is 5.01. The summed E-state index contributed by atoms with van der Waals surface area (Å²) < 4.78 is 0. The van der Waals surface area contributed by atoms with Crippen molar-refractivity contribution in [2.45, 2.75) is 6.92 Å². The number of aromatic amines is 1. The lowest BCUT2D eigenvalue weighted by Crippen LogP contribution is -2.06. The molecule has 48 valence electrons. The van der Waals surface area contributed by atoms with Gasteiger partial charge in [0, 0.05) is 6.20 Å². The van der Waals surface area contributed by atoms with Crippen molar-refractivity contribution in [2.24, 2.45) is 0 Å². The molecule has 0 saturated heterocycles. The second-order valence-corrected chi connectivity index (χ2v) is 1.82. The van der Waals surface area contributed by atoms with Gasteiger partial charge in [-0.05, 0) is 13.0 Å². The molecular weight excluding hydrogens is 118 g/mol. The fraction of sp³-hybridized carbons (Fsp3) is 0.167. The summed E-state index contributed by atoms with van der Waals surface area (Å²) in [5.74, 6) is 0.0405. The van der Waals surface area contributed by atoms with Gasteiger partial charge >= 0.3 is 0 Å². The van der Waals surface area contributed by atoms with Crippen LogP contribution in [-0.4, -0.2) is 10.1 Å². The first-order valence-electron chi connectivity index (χ1n) is 2.59. The van der Waals surface area contributed by atoms with E-state index in [1.807, 2.05) is 0 Å². The van der Waals surface area contributed by atoms with E-state index in [0.717, 1.165) is 0 Å². The van der Waals surface area contributed by atoms with Crippen LogP contribution >= 0.6 is 0 Å². The Balaban J connectivity index is 3.43. The topological polar surface area (TPSA) is 53.1 Å². The molecule has 1 aromatic rings. The van der Waals surface area contributed by atoms with E-state index < -0.39 is 0 Å². The number of pyridine rings is 1. The van der Waals surface area contributed by atoms with Crippen molar-refractivity contribution in [2.75, 3.05) is 0 Å². The third kappa shape index (κ3) is 0.937. The normalized spacial score (nSPS) is 9.44. The zero-order chi connectivity index (χ0) is 6.85. The summed E-state index contributed by atoms with van der Waals surface area (Å²) in [7, 11) is 0. The summed E-state index contributed by atoms with van der Waals surface area (Å²) in [4.78, 5) is 13.0. The van der Waals surface area contributed by atoms with Crippen LogP contribution in [0.4, 0.5) is 0 Å². The van der Waals surface area contributed by atoms with Gasteiger partial charge in [-0.3, -0.25) is 4.79 Å². The summed E-state index contributed by atoms with van der Waals surface area (Å²) in [5.41, 5.74) is 0.118. The highest BCUT2D eigenvalue weighted by Crippen LogP contribution is 2.06. The largest absolute Gasteiger partial charge is 0.507 e. The smallest absolute Gasteiger partial charge is 0.254 e. The first-order valence-corrected chi connectivity index (χ1v) is 2.59. The maximum atomic E-state index is 10.6. The molecule has 3 nitrogen and oxygen atoms in total. The van der Waals surface area contributed by atoms with Crippen LogP contribution in [0.2, 0.25) is 0 Å².